The normalized spacial score (nSPS) is 13.0. The maximum atomic E-state index is 12.6. The summed E-state index contributed by atoms with van der Waals surface area (Å²) in [6.07, 6.45) is 3.55. The largest absolute Gasteiger partial charge is 0.462 e. The molecule has 1 amide bonds. The van der Waals surface area contributed by atoms with E-state index in [2.05, 4.69) is 5.32 Å². The molecule has 0 radical (unpaired) electrons. The number of esters is 1. The van der Waals surface area contributed by atoms with E-state index in [4.69, 9.17) is 4.74 Å². The van der Waals surface area contributed by atoms with Crippen LogP contribution in [-0.4, -0.2) is 32.7 Å². The zero-order valence-corrected chi connectivity index (χ0v) is 17.3. The van der Waals surface area contributed by atoms with Crippen LogP contribution in [0.25, 0.3) is 0 Å². The molecule has 0 saturated heterocycles. The summed E-state index contributed by atoms with van der Waals surface area (Å²) in [6, 6.07) is 11.6. The van der Waals surface area contributed by atoms with Crippen LogP contribution in [0, 0.1) is 0 Å². The average Bonchev–Trinajstić information content (AvgIpc) is 3.19. The maximum absolute atomic E-state index is 12.6. The maximum Gasteiger partial charge on any atom is 0.338 e. The van der Waals surface area contributed by atoms with Gasteiger partial charge in [0.25, 0.3) is 0 Å². The van der Waals surface area contributed by atoms with Gasteiger partial charge in [-0.25, -0.2) is 13.2 Å². The number of sulfone groups is 1. The van der Waals surface area contributed by atoms with Crippen molar-refractivity contribution in [3.8, 4) is 0 Å². The van der Waals surface area contributed by atoms with Crippen molar-refractivity contribution in [3.63, 3.8) is 0 Å². The molecule has 0 unspecified atom stereocenters. The van der Waals surface area contributed by atoms with Crippen LogP contribution in [0.5, 0.6) is 0 Å². The summed E-state index contributed by atoms with van der Waals surface area (Å²) in [5, 5.41) is 2.66. The van der Waals surface area contributed by atoms with Crippen molar-refractivity contribution >= 4 is 27.4 Å². The van der Waals surface area contributed by atoms with E-state index in [0.717, 1.165) is 31.2 Å². The number of anilines is 1. The third kappa shape index (κ3) is 5.44. The minimum Gasteiger partial charge on any atom is -0.462 e. The van der Waals surface area contributed by atoms with Crippen molar-refractivity contribution in [2.24, 2.45) is 0 Å². The van der Waals surface area contributed by atoms with Gasteiger partial charge in [-0.1, -0.05) is 13.0 Å². The predicted molar refractivity (Wildman–Crippen MR) is 111 cm³/mol. The van der Waals surface area contributed by atoms with Crippen molar-refractivity contribution in [1.29, 1.82) is 0 Å². The van der Waals surface area contributed by atoms with Crippen LogP contribution in [0.3, 0.4) is 0 Å². The Bertz CT molecular complexity index is 996. The van der Waals surface area contributed by atoms with E-state index >= 15 is 0 Å². The van der Waals surface area contributed by atoms with E-state index in [1.807, 2.05) is 13.0 Å². The number of ether oxygens (including phenoxy) is 1. The molecule has 1 aliphatic rings. The fourth-order valence-electron chi connectivity index (χ4n) is 3.28. The van der Waals surface area contributed by atoms with Crippen molar-refractivity contribution < 1.29 is 22.7 Å². The summed E-state index contributed by atoms with van der Waals surface area (Å²) in [5.41, 5.74) is 3.20. The lowest BCUT2D eigenvalue weighted by molar-refractivity contribution is -0.115. The second-order valence-corrected chi connectivity index (χ2v) is 9.22. The quantitative estimate of drug-likeness (QED) is 0.666. The van der Waals surface area contributed by atoms with Crippen molar-refractivity contribution in [3.05, 3.63) is 59.2 Å². The molecule has 0 atom stereocenters. The SMILES string of the molecule is CCCOC(=O)c1ccc(NC(=O)CCS(=O)(=O)c2ccc3c(c2)CCC3)cc1. The summed E-state index contributed by atoms with van der Waals surface area (Å²) in [5.74, 6) is -1.06. The van der Waals surface area contributed by atoms with Gasteiger partial charge in [0.2, 0.25) is 5.91 Å². The molecule has 3 rings (SSSR count). The number of hydrogen-bond acceptors (Lipinski definition) is 5. The van der Waals surface area contributed by atoms with E-state index in [1.54, 1.807) is 36.4 Å². The monoisotopic (exact) mass is 415 g/mol. The van der Waals surface area contributed by atoms with Crippen LogP contribution in [-0.2, 0) is 32.2 Å². The summed E-state index contributed by atoms with van der Waals surface area (Å²) in [4.78, 5) is 24.2. The zero-order valence-electron chi connectivity index (χ0n) is 16.4. The summed E-state index contributed by atoms with van der Waals surface area (Å²) in [6.45, 7) is 2.27. The second kappa shape index (κ2) is 9.22. The zero-order chi connectivity index (χ0) is 20.9. The number of aryl methyl sites for hydroxylation is 2. The Balaban J connectivity index is 1.54. The molecule has 6 nitrogen and oxygen atoms in total. The first-order chi connectivity index (χ1) is 13.9. The molecule has 1 aliphatic carbocycles. The Labute approximate surface area is 171 Å². The summed E-state index contributed by atoms with van der Waals surface area (Å²) < 4.78 is 30.2. The van der Waals surface area contributed by atoms with Crippen molar-refractivity contribution in [1.82, 2.24) is 0 Å². The number of nitrogens with one attached hydrogen (secondary N) is 1. The number of carbonyl (C=O) groups is 2. The highest BCUT2D eigenvalue weighted by atomic mass is 32.2. The number of benzene rings is 2. The van der Waals surface area contributed by atoms with Crippen LogP contribution >= 0.6 is 0 Å². The van der Waals surface area contributed by atoms with Crippen molar-refractivity contribution in [2.45, 2.75) is 43.9 Å². The van der Waals surface area contributed by atoms with Gasteiger partial charge >= 0.3 is 5.97 Å². The lowest BCUT2D eigenvalue weighted by Crippen LogP contribution is -2.17. The molecule has 7 heteroatoms. The Morgan fingerprint density at radius 2 is 1.76 bits per heavy atom. The molecular formula is C22H25NO5S. The van der Waals surface area contributed by atoms with Crippen LogP contribution in [0.2, 0.25) is 0 Å². The van der Waals surface area contributed by atoms with E-state index in [0.29, 0.717) is 17.9 Å². The van der Waals surface area contributed by atoms with Crippen LogP contribution in [0.15, 0.2) is 47.4 Å². The molecule has 154 valence electrons. The molecule has 0 bridgehead atoms. The number of fused-ring (bicyclic) bond motifs is 1. The fraction of sp³-hybridized carbons (Fsp3) is 0.364. The number of rotatable bonds is 8. The van der Waals surface area contributed by atoms with Crippen LogP contribution < -0.4 is 5.32 Å². The van der Waals surface area contributed by atoms with E-state index < -0.39 is 21.7 Å². The minimum absolute atomic E-state index is 0.139. The van der Waals surface area contributed by atoms with Gasteiger partial charge in [0.05, 0.1) is 22.8 Å². The van der Waals surface area contributed by atoms with E-state index in [9.17, 15) is 18.0 Å². The fourth-order valence-corrected chi connectivity index (χ4v) is 4.56. The lowest BCUT2D eigenvalue weighted by Gasteiger charge is -2.09. The predicted octanol–water partition coefficient (Wildman–Crippen LogP) is 3.54. The number of hydrogen-bond donors (Lipinski definition) is 1. The van der Waals surface area contributed by atoms with Crippen molar-refractivity contribution in [2.75, 3.05) is 17.7 Å². The molecule has 0 aromatic heterocycles. The Kier molecular flexibility index (Phi) is 6.69. The van der Waals surface area contributed by atoms with Gasteiger partial charge in [-0.15, -0.1) is 0 Å². The third-order valence-electron chi connectivity index (χ3n) is 4.87. The van der Waals surface area contributed by atoms with Gasteiger partial charge < -0.3 is 10.1 Å². The van der Waals surface area contributed by atoms with Crippen LogP contribution in [0.1, 0.15) is 47.7 Å². The molecule has 2 aromatic carbocycles. The summed E-state index contributed by atoms with van der Waals surface area (Å²) in [7, 11) is -3.52. The minimum atomic E-state index is -3.52. The lowest BCUT2D eigenvalue weighted by atomic mass is 10.1. The third-order valence-corrected chi connectivity index (χ3v) is 6.58. The Morgan fingerprint density at radius 1 is 1.03 bits per heavy atom. The van der Waals surface area contributed by atoms with Gasteiger partial charge in [-0.05, 0) is 73.2 Å². The molecule has 29 heavy (non-hydrogen) atoms. The molecular weight excluding hydrogens is 390 g/mol. The average molecular weight is 416 g/mol. The highest BCUT2D eigenvalue weighted by Crippen LogP contribution is 2.25. The van der Waals surface area contributed by atoms with E-state index in [1.165, 1.54) is 5.56 Å². The van der Waals surface area contributed by atoms with Crippen LogP contribution in [0.4, 0.5) is 5.69 Å². The highest BCUT2D eigenvalue weighted by molar-refractivity contribution is 7.91. The van der Waals surface area contributed by atoms with Gasteiger partial charge in [-0.2, -0.15) is 0 Å². The molecule has 0 saturated carbocycles. The summed E-state index contributed by atoms with van der Waals surface area (Å²) >= 11 is 0. The van der Waals surface area contributed by atoms with Gasteiger partial charge in [0, 0.05) is 12.1 Å². The molecule has 2 aromatic rings. The van der Waals surface area contributed by atoms with Gasteiger partial charge in [0.1, 0.15) is 0 Å². The number of amides is 1. The Hall–Kier alpha value is -2.67. The molecule has 1 N–H and O–H groups in total. The first kappa shape index (κ1) is 21.0. The highest BCUT2D eigenvalue weighted by Gasteiger charge is 2.20. The smallest absolute Gasteiger partial charge is 0.338 e. The molecule has 0 spiro atoms. The topological polar surface area (TPSA) is 89.5 Å². The molecule has 0 heterocycles. The first-order valence-electron chi connectivity index (χ1n) is 9.80. The van der Waals surface area contributed by atoms with Gasteiger partial charge in [0.15, 0.2) is 9.84 Å². The molecule has 0 fully saturated rings. The number of carbonyl (C=O) groups excluding carboxylic acids is 2. The Morgan fingerprint density at radius 3 is 2.48 bits per heavy atom. The van der Waals surface area contributed by atoms with E-state index in [-0.39, 0.29) is 17.1 Å². The standard InChI is InChI=1S/C22H25NO5S/c1-2-13-28-22(25)17-6-9-19(10-7-17)23-21(24)12-14-29(26,27)20-11-8-16-4-3-5-18(16)15-20/h6-11,15H,2-5,12-14H2,1H3,(H,23,24). The molecule has 0 aliphatic heterocycles. The first-order valence-corrected chi connectivity index (χ1v) is 11.5. The van der Waals surface area contributed by atoms with Gasteiger partial charge in [-0.3, -0.25) is 4.79 Å². The second-order valence-electron chi connectivity index (χ2n) is 7.11.